The molecule has 0 atom stereocenters. The third-order valence-corrected chi connectivity index (χ3v) is 4.88. The summed E-state index contributed by atoms with van der Waals surface area (Å²) in [6, 6.07) is 12.4. The van der Waals surface area contributed by atoms with Crippen LogP contribution in [-0.4, -0.2) is 32.1 Å². The molecule has 1 aromatic carbocycles. The molecule has 0 aliphatic heterocycles. The average molecular weight is 416 g/mol. The fraction of sp³-hybridized carbons (Fsp3) is 0.111. The topological polar surface area (TPSA) is 94.9 Å². The highest BCUT2D eigenvalue weighted by atomic mass is 35.5. The maximum atomic E-state index is 12.0. The fourth-order valence-electron chi connectivity index (χ4n) is 2.58. The van der Waals surface area contributed by atoms with E-state index in [1.165, 1.54) is 17.4 Å². The molecule has 28 heavy (non-hydrogen) atoms. The monoisotopic (exact) mass is 415 g/mol. The lowest BCUT2D eigenvalue weighted by Gasteiger charge is -2.09. The second-order valence-corrected chi connectivity index (χ2v) is 7.00. The number of para-hydroxylation sites is 1. The number of hydrogen-bond acceptors (Lipinski definition) is 7. The van der Waals surface area contributed by atoms with Crippen LogP contribution in [0.5, 0.6) is 10.9 Å². The summed E-state index contributed by atoms with van der Waals surface area (Å²) in [4.78, 5) is 16.2. The van der Waals surface area contributed by atoms with Gasteiger partial charge in [-0.2, -0.15) is 0 Å². The quantitative estimate of drug-likeness (QED) is 0.519. The lowest BCUT2D eigenvalue weighted by molar-refractivity contribution is 0.297. The average Bonchev–Trinajstić information content (AvgIpc) is 3.34. The number of aromatic nitrogens is 5. The van der Waals surface area contributed by atoms with E-state index < -0.39 is 0 Å². The Morgan fingerprint density at radius 3 is 2.86 bits per heavy atom. The fourth-order valence-corrected chi connectivity index (χ4v) is 3.36. The number of nitrogens with zero attached hydrogens (tertiary/aromatic N) is 4. The van der Waals surface area contributed by atoms with Gasteiger partial charge in [-0.25, -0.2) is 4.68 Å². The first-order chi connectivity index (χ1) is 13.6. The number of hydrogen-bond donors (Lipinski definition) is 1. The summed E-state index contributed by atoms with van der Waals surface area (Å²) in [7, 11) is 1.58. The smallest absolute Gasteiger partial charge is 0.296 e. The SMILES string of the molecule is COc1ccccc1-c1cc(=O)[nH]n1-c1nnc(OCc2ccc(Cl)cn2)s1. The van der Waals surface area contributed by atoms with Gasteiger partial charge in [0.2, 0.25) is 5.13 Å². The van der Waals surface area contributed by atoms with E-state index >= 15 is 0 Å². The third-order valence-electron chi connectivity index (χ3n) is 3.83. The third kappa shape index (κ3) is 3.75. The van der Waals surface area contributed by atoms with Crippen molar-refractivity contribution in [1.29, 1.82) is 0 Å². The molecule has 0 unspecified atom stereocenters. The lowest BCUT2D eigenvalue weighted by atomic mass is 10.1. The van der Waals surface area contributed by atoms with Crippen LogP contribution in [0.2, 0.25) is 5.02 Å². The number of aromatic amines is 1. The van der Waals surface area contributed by atoms with Crippen molar-refractivity contribution in [2.45, 2.75) is 6.61 Å². The normalized spacial score (nSPS) is 10.8. The molecular formula is C18H14ClN5O3S. The van der Waals surface area contributed by atoms with E-state index in [-0.39, 0.29) is 12.2 Å². The molecule has 0 aliphatic rings. The maximum Gasteiger partial charge on any atom is 0.296 e. The first-order valence-corrected chi connectivity index (χ1v) is 9.36. The van der Waals surface area contributed by atoms with Crippen molar-refractivity contribution in [2.75, 3.05) is 7.11 Å². The second kappa shape index (κ2) is 7.83. The Kier molecular flexibility index (Phi) is 5.09. The Labute approximate surface area is 168 Å². The van der Waals surface area contributed by atoms with E-state index in [2.05, 4.69) is 20.3 Å². The summed E-state index contributed by atoms with van der Waals surface area (Å²) < 4.78 is 12.6. The molecule has 0 saturated carbocycles. The zero-order chi connectivity index (χ0) is 19.5. The van der Waals surface area contributed by atoms with Gasteiger partial charge in [-0.3, -0.25) is 14.9 Å². The van der Waals surface area contributed by atoms with Crippen molar-refractivity contribution in [3.8, 4) is 27.3 Å². The molecule has 4 rings (SSSR count). The number of halogens is 1. The van der Waals surface area contributed by atoms with Crippen LogP contribution >= 0.6 is 22.9 Å². The summed E-state index contributed by atoms with van der Waals surface area (Å²) in [6.45, 7) is 0.230. The molecule has 0 aliphatic carbocycles. The Bertz CT molecular complexity index is 1150. The molecule has 0 bridgehead atoms. The van der Waals surface area contributed by atoms with Gasteiger partial charge in [-0.1, -0.05) is 28.8 Å². The zero-order valence-corrected chi connectivity index (χ0v) is 16.2. The van der Waals surface area contributed by atoms with E-state index in [1.54, 1.807) is 30.1 Å². The summed E-state index contributed by atoms with van der Waals surface area (Å²) in [6.07, 6.45) is 1.55. The second-order valence-electron chi connectivity index (χ2n) is 5.65. The predicted octanol–water partition coefficient (Wildman–Crippen LogP) is 3.32. The molecule has 0 spiro atoms. The van der Waals surface area contributed by atoms with Gasteiger partial charge in [0.15, 0.2) is 0 Å². The van der Waals surface area contributed by atoms with Crippen LogP contribution in [0, 0.1) is 0 Å². The summed E-state index contributed by atoms with van der Waals surface area (Å²) in [5, 5.41) is 12.3. The number of nitrogens with one attached hydrogen (secondary N) is 1. The van der Waals surface area contributed by atoms with Crippen molar-refractivity contribution in [3.63, 3.8) is 0 Å². The number of H-pyrrole nitrogens is 1. The van der Waals surface area contributed by atoms with Gasteiger partial charge in [0.1, 0.15) is 12.4 Å². The molecule has 1 N–H and O–H groups in total. The van der Waals surface area contributed by atoms with Crippen LogP contribution in [0.1, 0.15) is 5.69 Å². The Morgan fingerprint density at radius 2 is 2.07 bits per heavy atom. The highest BCUT2D eigenvalue weighted by Gasteiger charge is 2.16. The van der Waals surface area contributed by atoms with Crippen LogP contribution in [0.15, 0.2) is 53.5 Å². The van der Waals surface area contributed by atoms with Crippen molar-refractivity contribution < 1.29 is 9.47 Å². The predicted molar refractivity (Wildman–Crippen MR) is 105 cm³/mol. The molecule has 0 radical (unpaired) electrons. The highest BCUT2D eigenvalue weighted by molar-refractivity contribution is 7.15. The number of methoxy groups -OCH3 is 1. The van der Waals surface area contributed by atoms with E-state index in [4.69, 9.17) is 21.1 Å². The van der Waals surface area contributed by atoms with Crippen LogP contribution < -0.4 is 15.0 Å². The number of ether oxygens (including phenoxy) is 2. The summed E-state index contributed by atoms with van der Waals surface area (Å²) in [5.41, 5.74) is 1.82. The molecule has 4 aromatic rings. The van der Waals surface area contributed by atoms with E-state index in [1.807, 2.05) is 24.3 Å². The number of rotatable bonds is 6. The van der Waals surface area contributed by atoms with E-state index in [9.17, 15) is 4.79 Å². The van der Waals surface area contributed by atoms with Crippen LogP contribution in [0.3, 0.4) is 0 Å². The standard InChI is InChI=1S/C18H14ClN5O3S/c1-26-15-5-3-2-4-13(15)14-8-16(25)23-24(14)17-21-22-18(28-17)27-10-12-7-6-11(19)9-20-12/h2-9H,10H2,1H3,(H,23,25). The maximum absolute atomic E-state index is 12.0. The summed E-state index contributed by atoms with van der Waals surface area (Å²) >= 11 is 7.02. The van der Waals surface area contributed by atoms with Gasteiger partial charge >= 0.3 is 0 Å². The minimum Gasteiger partial charge on any atom is -0.496 e. The van der Waals surface area contributed by atoms with Gasteiger partial charge < -0.3 is 9.47 Å². The van der Waals surface area contributed by atoms with Crippen molar-refractivity contribution in [1.82, 2.24) is 25.0 Å². The molecule has 0 fully saturated rings. The van der Waals surface area contributed by atoms with E-state index in [0.717, 1.165) is 5.56 Å². The number of benzene rings is 1. The van der Waals surface area contributed by atoms with Gasteiger partial charge in [0, 0.05) is 17.8 Å². The van der Waals surface area contributed by atoms with Crippen LogP contribution in [0.4, 0.5) is 0 Å². The Balaban J connectivity index is 1.61. The van der Waals surface area contributed by atoms with Crippen molar-refractivity contribution in [2.24, 2.45) is 0 Å². The molecule has 142 valence electrons. The van der Waals surface area contributed by atoms with Gasteiger partial charge in [0.05, 0.1) is 23.5 Å². The first-order valence-electron chi connectivity index (χ1n) is 8.16. The molecule has 10 heteroatoms. The van der Waals surface area contributed by atoms with Crippen molar-refractivity contribution >= 4 is 22.9 Å². The van der Waals surface area contributed by atoms with Gasteiger partial charge in [-0.05, 0) is 35.6 Å². The number of pyridine rings is 1. The summed E-state index contributed by atoms with van der Waals surface area (Å²) in [5.74, 6) is 0.644. The zero-order valence-electron chi connectivity index (χ0n) is 14.6. The van der Waals surface area contributed by atoms with Gasteiger partial charge in [-0.15, -0.1) is 5.10 Å². The molecule has 3 heterocycles. The largest absolute Gasteiger partial charge is 0.496 e. The van der Waals surface area contributed by atoms with Crippen LogP contribution in [-0.2, 0) is 6.61 Å². The molecular weight excluding hydrogens is 402 g/mol. The van der Waals surface area contributed by atoms with Crippen LogP contribution in [0.25, 0.3) is 16.4 Å². The minimum atomic E-state index is -0.260. The molecule has 3 aromatic heterocycles. The first kappa shape index (κ1) is 18.2. The molecule has 8 nitrogen and oxygen atoms in total. The molecule has 0 saturated heterocycles. The van der Waals surface area contributed by atoms with Gasteiger partial charge in [0.25, 0.3) is 10.8 Å². The van der Waals surface area contributed by atoms with Crippen molar-refractivity contribution in [3.05, 3.63) is 69.7 Å². The minimum absolute atomic E-state index is 0.230. The Hall–Kier alpha value is -3.17. The molecule has 0 amide bonds. The Morgan fingerprint density at radius 1 is 1.21 bits per heavy atom. The lowest BCUT2D eigenvalue weighted by Crippen LogP contribution is -2.04. The highest BCUT2D eigenvalue weighted by Crippen LogP contribution is 2.31. The van der Waals surface area contributed by atoms with E-state index in [0.29, 0.717) is 32.5 Å².